The molecule has 0 aliphatic carbocycles. The van der Waals surface area contributed by atoms with E-state index in [1.807, 2.05) is 12.4 Å². The molecular formula is C18H18N4. The Labute approximate surface area is 130 Å². The van der Waals surface area contributed by atoms with E-state index < -0.39 is 0 Å². The minimum atomic E-state index is 0.866. The Hall–Kier alpha value is -2.75. The Morgan fingerprint density at radius 3 is 2.73 bits per heavy atom. The molecule has 2 aromatic heterocycles. The first-order valence-corrected chi connectivity index (χ1v) is 7.46. The van der Waals surface area contributed by atoms with Crippen LogP contribution in [0.4, 0.5) is 11.4 Å². The molecule has 4 nitrogen and oxygen atoms in total. The number of hydrogen-bond acceptors (Lipinski definition) is 3. The van der Waals surface area contributed by atoms with Crippen LogP contribution in [0.2, 0.25) is 0 Å². The van der Waals surface area contributed by atoms with E-state index in [4.69, 9.17) is 0 Å². The third-order valence-electron chi connectivity index (χ3n) is 4.17. The standard InChI is InChI=1S/C18H18N4/c1-20-17-9-10-19-12-18(17)21(13-15-6-3-2-4-7-15)14-16-8-5-11-22(16)20/h2-12H,13-14H2,1H3. The van der Waals surface area contributed by atoms with Crippen LogP contribution < -0.4 is 9.91 Å². The van der Waals surface area contributed by atoms with Gasteiger partial charge in [0.1, 0.15) is 0 Å². The molecule has 0 saturated carbocycles. The zero-order valence-corrected chi connectivity index (χ0v) is 12.6. The normalized spacial score (nSPS) is 13.5. The molecule has 0 N–H and O–H groups in total. The van der Waals surface area contributed by atoms with Crippen molar-refractivity contribution in [1.29, 1.82) is 0 Å². The highest BCUT2D eigenvalue weighted by Crippen LogP contribution is 2.33. The average molecular weight is 290 g/mol. The lowest BCUT2D eigenvalue weighted by Crippen LogP contribution is -2.24. The van der Waals surface area contributed by atoms with Gasteiger partial charge in [-0.25, -0.2) is 0 Å². The third-order valence-corrected chi connectivity index (χ3v) is 4.17. The largest absolute Gasteiger partial charge is 0.358 e. The van der Waals surface area contributed by atoms with Crippen LogP contribution in [0.25, 0.3) is 0 Å². The molecule has 0 radical (unpaired) electrons. The Morgan fingerprint density at radius 2 is 1.86 bits per heavy atom. The fourth-order valence-electron chi connectivity index (χ4n) is 3.06. The van der Waals surface area contributed by atoms with Crippen LogP contribution >= 0.6 is 0 Å². The molecule has 1 aliphatic rings. The molecule has 1 aromatic carbocycles. The zero-order chi connectivity index (χ0) is 14.9. The summed E-state index contributed by atoms with van der Waals surface area (Å²) in [5.41, 5.74) is 4.91. The smallest absolute Gasteiger partial charge is 0.0839 e. The van der Waals surface area contributed by atoms with Gasteiger partial charge in [0.25, 0.3) is 0 Å². The second-order valence-electron chi connectivity index (χ2n) is 5.57. The van der Waals surface area contributed by atoms with E-state index in [1.165, 1.54) is 16.9 Å². The van der Waals surface area contributed by atoms with Crippen molar-refractivity contribution in [3.05, 3.63) is 78.4 Å². The van der Waals surface area contributed by atoms with Crippen molar-refractivity contribution in [2.45, 2.75) is 13.1 Å². The average Bonchev–Trinajstić information content (AvgIpc) is 2.99. The van der Waals surface area contributed by atoms with Gasteiger partial charge < -0.3 is 4.90 Å². The van der Waals surface area contributed by atoms with E-state index >= 15 is 0 Å². The maximum absolute atomic E-state index is 4.34. The summed E-state index contributed by atoms with van der Waals surface area (Å²) in [6, 6.07) is 16.9. The lowest BCUT2D eigenvalue weighted by atomic mass is 10.2. The van der Waals surface area contributed by atoms with Gasteiger partial charge in [-0.2, -0.15) is 0 Å². The van der Waals surface area contributed by atoms with E-state index in [0.717, 1.165) is 18.8 Å². The van der Waals surface area contributed by atoms with Gasteiger partial charge in [-0.15, -0.1) is 0 Å². The quantitative estimate of drug-likeness (QED) is 0.724. The van der Waals surface area contributed by atoms with Gasteiger partial charge in [0.2, 0.25) is 0 Å². The van der Waals surface area contributed by atoms with Crippen molar-refractivity contribution >= 4 is 11.4 Å². The monoisotopic (exact) mass is 290 g/mol. The highest BCUT2D eigenvalue weighted by Gasteiger charge is 2.22. The van der Waals surface area contributed by atoms with Crippen molar-refractivity contribution in [1.82, 2.24) is 9.66 Å². The minimum Gasteiger partial charge on any atom is -0.358 e. The molecule has 4 heteroatoms. The lowest BCUT2D eigenvalue weighted by molar-refractivity contribution is 0.718. The first-order chi connectivity index (χ1) is 10.8. The Balaban J connectivity index is 1.79. The summed E-state index contributed by atoms with van der Waals surface area (Å²) >= 11 is 0. The van der Waals surface area contributed by atoms with Gasteiger partial charge in [-0.05, 0) is 23.8 Å². The second kappa shape index (κ2) is 5.22. The first-order valence-electron chi connectivity index (χ1n) is 7.46. The van der Waals surface area contributed by atoms with Crippen molar-refractivity contribution in [2.24, 2.45) is 0 Å². The maximum Gasteiger partial charge on any atom is 0.0839 e. The topological polar surface area (TPSA) is 24.3 Å². The number of pyridine rings is 1. The number of aromatic nitrogens is 2. The molecule has 3 heterocycles. The summed E-state index contributed by atoms with van der Waals surface area (Å²) in [5.74, 6) is 0. The van der Waals surface area contributed by atoms with E-state index in [0.29, 0.717) is 0 Å². The predicted molar refractivity (Wildman–Crippen MR) is 88.8 cm³/mol. The Kier molecular flexibility index (Phi) is 3.07. The number of benzene rings is 1. The molecule has 1 aliphatic heterocycles. The summed E-state index contributed by atoms with van der Waals surface area (Å²) < 4.78 is 2.20. The van der Waals surface area contributed by atoms with Crippen LogP contribution in [0.1, 0.15) is 11.3 Å². The van der Waals surface area contributed by atoms with Crippen LogP contribution in [-0.2, 0) is 13.1 Å². The highest BCUT2D eigenvalue weighted by molar-refractivity contribution is 5.70. The Morgan fingerprint density at radius 1 is 1.00 bits per heavy atom. The van der Waals surface area contributed by atoms with E-state index in [1.54, 1.807) is 0 Å². The van der Waals surface area contributed by atoms with Gasteiger partial charge in [-0.1, -0.05) is 30.3 Å². The van der Waals surface area contributed by atoms with Crippen LogP contribution in [0.5, 0.6) is 0 Å². The van der Waals surface area contributed by atoms with E-state index in [9.17, 15) is 0 Å². The molecule has 0 spiro atoms. The van der Waals surface area contributed by atoms with Crippen LogP contribution in [0.3, 0.4) is 0 Å². The fraction of sp³-hybridized carbons (Fsp3) is 0.167. The highest BCUT2D eigenvalue weighted by atomic mass is 15.5. The molecule has 4 rings (SSSR count). The number of hydrogen-bond donors (Lipinski definition) is 0. The number of fused-ring (bicyclic) bond motifs is 2. The summed E-state index contributed by atoms with van der Waals surface area (Å²) in [4.78, 5) is 6.72. The van der Waals surface area contributed by atoms with Crippen molar-refractivity contribution in [3.63, 3.8) is 0 Å². The van der Waals surface area contributed by atoms with Gasteiger partial charge in [-0.3, -0.25) is 14.7 Å². The molecule has 0 atom stereocenters. The van der Waals surface area contributed by atoms with Crippen LogP contribution in [0.15, 0.2) is 67.1 Å². The predicted octanol–water partition coefficient (Wildman–Crippen LogP) is 3.30. The van der Waals surface area contributed by atoms with Gasteiger partial charge >= 0.3 is 0 Å². The molecular weight excluding hydrogens is 272 g/mol. The number of rotatable bonds is 2. The maximum atomic E-state index is 4.34. The number of anilines is 2. The first kappa shape index (κ1) is 13.0. The summed E-state index contributed by atoms with van der Waals surface area (Å²) in [5, 5.41) is 2.18. The minimum absolute atomic E-state index is 0.866. The Bertz CT molecular complexity index is 779. The van der Waals surface area contributed by atoms with Crippen molar-refractivity contribution in [2.75, 3.05) is 17.0 Å². The molecule has 0 amide bonds. The van der Waals surface area contributed by atoms with Gasteiger partial charge in [0.15, 0.2) is 0 Å². The van der Waals surface area contributed by atoms with Crippen molar-refractivity contribution in [3.8, 4) is 0 Å². The van der Waals surface area contributed by atoms with Gasteiger partial charge in [0, 0.05) is 26.0 Å². The van der Waals surface area contributed by atoms with Crippen LogP contribution in [0, 0.1) is 0 Å². The number of nitrogens with zero attached hydrogens (tertiary/aromatic N) is 4. The second-order valence-corrected chi connectivity index (χ2v) is 5.57. The fourth-order valence-corrected chi connectivity index (χ4v) is 3.06. The summed E-state index contributed by atoms with van der Waals surface area (Å²) in [7, 11) is 2.09. The SMILES string of the molecule is CN1c2ccncc2N(Cc2ccccc2)Cc2cccn21. The molecule has 0 saturated heterocycles. The van der Waals surface area contributed by atoms with Crippen LogP contribution in [-0.4, -0.2) is 16.7 Å². The zero-order valence-electron chi connectivity index (χ0n) is 12.6. The molecule has 22 heavy (non-hydrogen) atoms. The van der Waals surface area contributed by atoms with Gasteiger partial charge in [0.05, 0.1) is 29.8 Å². The van der Waals surface area contributed by atoms with E-state index in [2.05, 4.69) is 81.3 Å². The third kappa shape index (κ3) is 2.13. The molecule has 110 valence electrons. The van der Waals surface area contributed by atoms with E-state index in [-0.39, 0.29) is 0 Å². The molecule has 3 aromatic rings. The molecule has 0 bridgehead atoms. The lowest BCUT2D eigenvalue weighted by Gasteiger charge is -2.25. The van der Waals surface area contributed by atoms with Crippen molar-refractivity contribution < 1.29 is 0 Å². The summed E-state index contributed by atoms with van der Waals surface area (Å²) in [6.45, 7) is 1.74. The molecule has 0 unspecified atom stereocenters. The molecule has 0 fully saturated rings. The summed E-state index contributed by atoms with van der Waals surface area (Å²) in [6.07, 6.45) is 5.91.